The lowest BCUT2D eigenvalue weighted by atomic mass is 10.0. The highest BCUT2D eigenvalue weighted by atomic mass is 35.5. The van der Waals surface area contributed by atoms with Crippen LogP contribution in [-0.2, 0) is 32.6 Å². The number of anilines is 1. The predicted molar refractivity (Wildman–Crippen MR) is 159 cm³/mol. The number of carbonyl (C=O) groups excluding carboxylic acids is 2. The van der Waals surface area contributed by atoms with Crippen LogP contribution in [0.3, 0.4) is 0 Å². The summed E-state index contributed by atoms with van der Waals surface area (Å²) in [6.07, 6.45) is 1.20. The molecule has 3 rings (SSSR count). The van der Waals surface area contributed by atoms with Gasteiger partial charge < -0.3 is 15.0 Å². The zero-order valence-corrected chi connectivity index (χ0v) is 25.1. The first-order chi connectivity index (χ1) is 18.9. The van der Waals surface area contributed by atoms with Gasteiger partial charge in [0.1, 0.15) is 18.3 Å². The third-order valence-electron chi connectivity index (χ3n) is 6.05. The Bertz CT molecular complexity index is 1430. The average molecular weight is 607 g/mol. The van der Waals surface area contributed by atoms with Crippen LogP contribution in [0.5, 0.6) is 5.75 Å². The first-order valence-corrected chi connectivity index (χ1v) is 15.2. The van der Waals surface area contributed by atoms with Gasteiger partial charge in [-0.25, -0.2) is 8.42 Å². The van der Waals surface area contributed by atoms with E-state index in [-0.39, 0.29) is 40.6 Å². The third-order valence-corrected chi connectivity index (χ3v) is 7.73. The number of sulfonamides is 1. The normalized spacial score (nSPS) is 12.1. The molecule has 1 atom stereocenters. The number of amides is 2. The van der Waals surface area contributed by atoms with Gasteiger partial charge in [-0.05, 0) is 55.3 Å². The molecule has 0 aliphatic rings. The summed E-state index contributed by atoms with van der Waals surface area (Å²) in [5.41, 5.74) is 1.61. The zero-order chi connectivity index (χ0) is 29.4. The number of benzene rings is 3. The molecule has 0 aromatic heterocycles. The number of carbonyl (C=O) groups is 2. The zero-order valence-electron chi connectivity index (χ0n) is 22.8. The van der Waals surface area contributed by atoms with Crippen molar-refractivity contribution in [2.45, 2.75) is 38.9 Å². The molecule has 0 saturated carbocycles. The maximum absolute atomic E-state index is 14.1. The predicted octanol–water partition coefficient (Wildman–Crippen LogP) is 4.93. The molecule has 0 bridgehead atoms. The summed E-state index contributed by atoms with van der Waals surface area (Å²) in [5.74, 6) is -0.370. The van der Waals surface area contributed by atoms with Gasteiger partial charge in [-0.3, -0.25) is 13.9 Å². The standard InChI is InChI=1S/C29H33Cl2N3O5S/c1-20(2)32-29(36)27(16-21-9-6-5-7-10-21)33(18-22-11-8-12-24(15-22)39-3)28(35)19-34(40(4,37)38)26-17-23(30)13-14-25(26)31/h5-15,17,20,27H,16,18-19H2,1-4H3,(H,32,36)/t27-/m1/s1. The van der Waals surface area contributed by atoms with Crippen molar-refractivity contribution in [1.82, 2.24) is 10.2 Å². The number of hydrogen-bond acceptors (Lipinski definition) is 5. The molecule has 0 spiro atoms. The largest absolute Gasteiger partial charge is 0.497 e. The lowest BCUT2D eigenvalue weighted by Crippen LogP contribution is -2.54. The molecule has 3 aromatic carbocycles. The highest BCUT2D eigenvalue weighted by molar-refractivity contribution is 7.92. The van der Waals surface area contributed by atoms with E-state index in [1.807, 2.05) is 50.2 Å². The monoisotopic (exact) mass is 605 g/mol. The van der Waals surface area contributed by atoms with Crippen molar-refractivity contribution in [2.75, 3.05) is 24.2 Å². The minimum atomic E-state index is -3.97. The molecule has 0 saturated heterocycles. The van der Waals surface area contributed by atoms with Crippen molar-refractivity contribution >= 4 is 50.7 Å². The topological polar surface area (TPSA) is 96.0 Å². The van der Waals surface area contributed by atoms with Crippen molar-refractivity contribution in [1.29, 1.82) is 0 Å². The van der Waals surface area contributed by atoms with Crippen LogP contribution in [0.2, 0.25) is 10.0 Å². The first kappa shape index (κ1) is 31.3. The number of rotatable bonds is 12. The smallest absolute Gasteiger partial charge is 0.244 e. The number of methoxy groups -OCH3 is 1. The van der Waals surface area contributed by atoms with E-state index in [1.165, 1.54) is 30.2 Å². The Labute approximate surface area is 245 Å². The summed E-state index contributed by atoms with van der Waals surface area (Å²) in [6.45, 7) is 3.10. The van der Waals surface area contributed by atoms with Gasteiger partial charge in [-0.1, -0.05) is 65.7 Å². The van der Waals surface area contributed by atoms with E-state index in [4.69, 9.17) is 27.9 Å². The second-order valence-corrected chi connectivity index (χ2v) is 12.4. The van der Waals surface area contributed by atoms with Gasteiger partial charge in [-0.2, -0.15) is 0 Å². The Morgan fingerprint density at radius 3 is 2.25 bits per heavy atom. The molecule has 3 aromatic rings. The summed E-state index contributed by atoms with van der Waals surface area (Å²) in [5, 5.41) is 3.28. The molecular formula is C29H33Cl2N3O5S. The Hall–Kier alpha value is -3.27. The molecule has 0 aliphatic carbocycles. The molecule has 2 amide bonds. The fraction of sp³-hybridized carbons (Fsp3) is 0.310. The van der Waals surface area contributed by atoms with E-state index in [9.17, 15) is 18.0 Å². The highest BCUT2D eigenvalue weighted by Gasteiger charge is 2.33. The van der Waals surface area contributed by atoms with E-state index in [0.717, 1.165) is 16.1 Å². The van der Waals surface area contributed by atoms with Crippen molar-refractivity contribution in [2.24, 2.45) is 0 Å². The first-order valence-electron chi connectivity index (χ1n) is 12.6. The van der Waals surface area contributed by atoms with Crippen LogP contribution in [0, 0.1) is 0 Å². The quantitative estimate of drug-likeness (QED) is 0.316. The maximum atomic E-state index is 14.1. The number of nitrogens with one attached hydrogen (secondary N) is 1. The van der Waals surface area contributed by atoms with Gasteiger partial charge in [-0.15, -0.1) is 0 Å². The summed E-state index contributed by atoms with van der Waals surface area (Å²) in [4.78, 5) is 29.1. The van der Waals surface area contributed by atoms with E-state index >= 15 is 0 Å². The van der Waals surface area contributed by atoms with Gasteiger partial charge in [0.2, 0.25) is 21.8 Å². The maximum Gasteiger partial charge on any atom is 0.244 e. The molecule has 40 heavy (non-hydrogen) atoms. The lowest BCUT2D eigenvalue weighted by molar-refractivity contribution is -0.140. The average Bonchev–Trinajstić information content (AvgIpc) is 2.90. The highest BCUT2D eigenvalue weighted by Crippen LogP contribution is 2.31. The molecule has 8 nitrogen and oxygen atoms in total. The molecular weight excluding hydrogens is 573 g/mol. The number of halogens is 2. The minimum absolute atomic E-state index is 0.0277. The van der Waals surface area contributed by atoms with Crippen LogP contribution < -0.4 is 14.4 Å². The summed E-state index contributed by atoms with van der Waals surface area (Å²) in [7, 11) is -2.43. The Morgan fingerprint density at radius 2 is 1.62 bits per heavy atom. The van der Waals surface area contributed by atoms with Crippen LogP contribution in [0.4, 0.5) is 5.69 Å². The fourth-order valence-corrected chi connectivity index (χ4v) is 5.46. The summed E-state index contributed by atoms with van der Waals surface area (Å²) in [6, 6.07) is 19.7. The van der Waals surface area contributed by atoms with Crippen LogP contribution >= 0.6 is 23.2 Å². The molecule has 1 N–H and O–H groups in total. The lowest BCUT2D eigenvalue weighted by Gasteiger charge is -2.34. The second kappa shape index (κ2) is 13.9. The van der Waals surface area contributed by atoms with Gasteiger partial charge in [0.25, 0.3) is 0 Å². The second-order valence-electron chi connectivity index (χ2n) is 9.61. The molecule has 214 valence electrons. The molecule has 0 radical (unpaired) electrons. The molecule has 0 aliphatic heterocycles. The third kappa shape index (κ3) is 8.61. The minimum Gasteiger partial charge on any atom is -0.497 e. The Kier molecular flexibility index (Phi) is 10.8. The van der Waals surface area contributed by atoms with Crippen molar-refractivity contribution < 1.29 is 22.7 Å². The van der Waals surface area contributed by atoms with Crippen LogP contribution in [-0.4, -0.2) is 57.1 Å². The molecule has 0 unspecified atom stereocenters. The van der Waals surface area contributed by atoms with Crippen molar-refractivity contribution in [3.63, 3.8) is 0 Å². The van der Waals surface area contributed by atoms with Crippen molar-refractivity contribution in [3.05, 3.63) is 94.0 Å². The van der Waals surface area contributed by atoms with Crippen molar-refractivity contribution in [3.8, 4) is 5.75 Å². The van der Waals surface area contributed by atoms with Gasteiger partial charge >= 0.3 is 0 Å². The van der Waals surface area contributed by atoms with Crippen LogP contribution in [0.1, 0.15) is 25.0 Å². The van der Waals surface area contributed by atoms with Crippen LogP contribution in [0.25, 0.3) is 0 Å². The Morgan fingerprint density at radius 1 is 0.950 bits per heavy atom. The SMILES string of the molecule is COc1cccc(CN(C(=O)CN(c2cc(Cl)ccc2Cl)S(C)(=O)=O)[C@H](Cc2ccccc2)C(=O)NC(C)C)c1. The fourth-order valence-electron chi connectivity index (χ4n) is 4.17. The molecule has 0 fully saturated rings. The summed E-state index contributed by atoms with van der Waals surface area (Å²) >= 11 is 12.5. The van der Waals surface area contributed by atoms with E-state index < -0.39 is 28.5 Å². The van der Waals surface area contributed by atoms with Gasteiger partial charge in [0, 0.05) is 24.0 Å². The molecule has 11 heteroatoms. The van der Waals surface area contributed by atoms with Crippen LogP contribution in [0.15, 0.2) is 72.8 Å². The molecule has 0 heterocycles. The van der Waals surface area contributed by atoms with Gasteiger partial charge in [0.15, 0.2) is 0 Å². The van der Waals surface area contributed by atoms with E-state index in [1.54, 1.807) is 18.2 Å². The van der Waals surface area contributed by atoms with Gasteiger partial charge in [0.05, 0.1) is 24.1 Å². The number of nitrogens with zero attached hydrogens (tertiary/aromatic N) is 2. The van der Waals surface area contributed by atoms with E-state index in [0.29, 0.717) is 11.3 Å². The van der Waals surface area contributed by atoms with E-state index in [2.05, 4.69) is 5.32 Å². The number of ether oxygens (including phenoxy) is 1. The summed E-state index contributed by atoms with van der Waals surface area (Å²) < 4.78 is 32.0. The number of hydrogen-bond donors (Lipinski definition) is 1. The Balaban J connectivity index is 2.09.